The van der Waals surface area contributed by atoms with Gasteiger partial charge in [-0.3, -0.25) is 0 Å². The summed E-state index contributed by atoms with van der Waals surface area (Å²) in [6.07, 6.45) is -1.11. The molecule has 2 unspecified atom stereocenters. The molecule has 1 heterocycles. The van der Waals surface area contributed by atoms with Gasteiger partial charge in [-0.1, -0.05) is 0 Å². The van der Waals surface area contributed by atoms with Crippen LogP contribution in [0.1, 0.15) is 39.0 Å². The van der Waals surface area contributed by atoms with E-state index in [1.54, 1.807) is 0 Å². The Morgan fingerprint density at radius 1 is 1.11 bits per heavy atom. The zero-order valence-electron chi connectivity index (χ0n) is 10.8. The Labute approximate surface area is 106 Å². The molecule has 2 aliphatic rings. The fraction of sp³-hybridized carbons (Fsp3) is 1.00. The highest BCUT2D eigenvalue weighted by Gasteiger charge is 2.41. The van der Waals surface area contributed by atoms with Crippen LogP contribution in [0.5, 0.6) is 0 Å². The van der Waals surface area contributed by atoms with Gasteiger partial charge in [-0.05, 0) is 44.9 Å². The van der Waals surface area contributed by atoms with Crippen molar-refractivity contribution in [2.75, 3.05) is 13.2 Å². The van der Waals surface area contributed by atoms with E-state index in [-0.39, 0.29) is 18.9 Å². The van der Waals surface area contributed by atoms with Crippen LogP contribution in [0.3, 0.4) is 0 Å². The summed E-state index contributed by atoms with van der Waals surface area (Å²) in [6.45, 7) is 3.72. The summed E-state index contributed by atoms with van der Waals surface area (Å²) in [6, 6.07) is 0.596. The standard InChI is InChI=1S/C13H22F3NO/c1-9(10-6-7-18-8-10)17-12-4-2-11(3-5-12)13(14,15)16/h9-12,17H,2-8H2,1H3. The second kappa shape index (κ2) is 5.78. The van der Waals surface area contributed by atoms with Crippen LogP contribution in [0.2, 0.25) is 0 Å². The molecule has 2 rings (SSSR count). The van der Waals surface area contributed by atoms with Crippen molar-refractivity contribution in [3.8, 4) is 0 Å². The zero-order chi connectivity index (χ0) is 13.2. The van der Waals surface area contributed by atoms with E-state index in [2.05, 4.69) is 12.2 Å². The Balaban J connectivity index is 1.73. The van der Waals surface area contributed by atoms with Crippen LogP contribution in [0, 0.1) is 11.8 Å². The third-order valence-corrected chi connectivity index (χ3v) is 4.36. The summed E-state index contributed by atoms with van der Waals surface area (Å²) in [5, 5.41) is 3.49. The molecule has 18 heavy (non-hydrogen) atoms. The normalized spacial score (nSPS) is 35.7. The molecule has 0 radical (unpaired) electrons. The van der Waals surface area contributed by atoms with Crippen LogP contribution in [-0.2, 0) is 4.74 Å². The minimum atomic E-state index is -4.00. The Hall–Kier alpha value is -0.290. The van der Waals surface area contributed by atoms with Gasteiger partial charge in [0.2, 0.25) is 0 Å². The van der Waals surface area contributed by atoms with E-state index in [4.69, 9.17) is 4.74 Å². The lowest BCUT2D eigenvalue weighted by molar-refractivity contribution is -0.182. The summed E-state index contributed by atoms with van der Waals surface area (Å²) in [4.78, 5) is 0. The van der Waals surface area contributed by atoms with Gasteiger partial charge in [-0.25, -0.2) is 0 Å². The van der Waals surface area contributed by atoms with E-state index in [1.165, 1.54) is 0 Å². The molecule has 2 fully saturated rings. The molecule has 1 saturated carbocycles. The highest BCUT2D eigenvalue weighted by molar-refractivity contribution is 4.84. The van der Waals surface area contributed by atoms with Crippen LogP contribution >= 0.6 is 0 Å². The second-order valence-corrected chi connectivity index (χ2v) is 5.67. The number of nitrogens with one attached hydrogen (secondary N) is 1. The molecule has 1 aliphatic heterocycles. The number of ether oxygens (including phenoxy) is 1. The van der Waals surface area contributed by atoms with Gasteiger partial charge in [-0.15, -0.1) is 0 Å². The molecule has 1 aliphatic carbocycles. The molecular formula is C13H22F3NO. The average molecular weight is 265 g/mol. The third-order valence-electron chi connectivity index (χ3n) is 4.36. The summed E-state index contributed by atoms with van der Waals surface area (Å²) >= 11 is 0. The van der Waals surface area contributed by atoms with Gasteiger partial charge < -0.3 is 10.1 Å². The first-order valence-electron chi connectivity index (χ1n) is 6.87. The lowest BCUT2D eigenvalue weighted by atomic mass is 9.85. The second-order valence-electron chi connectivity index (χ2n) is 5.67. The number of hydrogen-bond donors (Lipinski definition) is 1. The molecule has 1 saturated heterocycles. The van der Waals surface area contributed by atoms with Crippen LogP contribution in [0.15, 0.2) is 0 Å². The topological polar surface area (TPSA) is 21.3 Å². The van der Waals surface area contributed by atoms with E-state index in [0.29, 0.717) is 24.8 Å². The first-order chi connectivity index (χ1) is 8.47. The van der Waals surface area contributed by atoms with E-state index in [0.717, 1.165) is 19.6 Å². The molecule has 0 aromatic rings. The maximum absolute atomic E-state index is 12.5. The molecule has 0 aromatic heterocycles. The van der Waals surface area contributed by atoms with Crippen molar-refractivity contribution in [1.29, 1.82) is 0 Å². The predicted octanol–water partition coefficient (Wildman–Crippen LogP) is 3.12. The Bertz CT molecular complexity index is 255. The molecular weight excluding hydrogens is 243 g/mol. The summed E-state index contributed by atoms with van der Waals surface area (Å²) in [5.41, 5.74) is 0. The maximum Gasteiger partial charge on any atom is 0.391 e. The summed E-state index contributed by atoms with van der Waals surface area (Å²) in [7, 11) is 0. The minimum Gasteiger partial charge on any atom is -0.381 e. The Morgan fingerprint density at radius 3 is 2.28 bits per heavy atom. The van der Waals surface area contributed by atoms with Gasteiger partial charge in [0, 0.05) is 18.7 Å². The molecule has 0 amide bonds. The van der Waals surface area contributed by atoms with Crippen molar-refractivity contribution >= 4 is 0 Å². The monoisotopic (exact) mass is 265 g/mol. The minimum absolute atomic E-state index is 0.249. The van der Waals surface area contributed by atoms with E-state index < -0.39 is 12.1 Å². The summed E-state index contributed by atoms with van der Waals surface area (Å²) in [5.74, 6) is -0.564. The van der Waals surface area contributed by atoms with Crippen LogP contribution in [0.25, 0.3) is 0 Å². The fourth-order valence-corrected chi connectivity index (χ4v) is 3.04. The molecule has 0 aromatic carbocycles. The molecule has 2 nitrogen and oxygen atoms in total. The van der Waals surface area contributed by atoms with Crippen LogP contribution in [0.4, 0.5) is 13.2 Å². The number of rotatable bonds is 3. The number of halogens is 3. The van der Waals surface area contributed by atoms with Crippen molar-refractivity contribution < 1.29 is 17.9 Å². The molecule has 5 heteroatoms. The SMILES string of the molecule is CC(NC1CCC(C(F)(F)F)CC1)C1CCOC1. The third kappa shape index (κ3) is 3.60. The van der Waals surface area contributed by atoms with Gasteiger partial charge in [-0.2, -0.15) is 13.2 Å². The highest BCUT2D eigenvalue weighted by atomic mass is 19.4. The maximum atomic E-state index is 12.5. The molecule has 0 spiro atoms. The van der Waals surface area contributed by atoms with Crippen LogP contribution in [-0.4, -0.2) is 31.5 Å². The lowest BCUT2D eigenvalue weighted by Crippen LogP contribution is -2.44. The van der Waals surface area contributed by atoms with Crippen molar-refractivity contribution in [2.24, 2.45) is 11.8 Å². The van der Waals surface area contributed by atoms with Gasteiger partial charge in [0.05, 0.1) is 12.5 Å². The quantitative estimate of drug-likeness (QED) is 0.846. The largest absolute Gasteiger partial charge is 0.391 e. The predicted molar refractivity (Wildman–Crippen MR) is 63.3 cm³/mol. The molecule has 2 atom stereocenters. The van der Waals surface area contributed by atoms with Crippen molar-refractivity contribution in [1.82, 2.24) is 5.32 Å². The molecule has 1 N–H and O–H groups in total. The van der Waals surface area contributed by atoms with Gasteiger partial charge >= 0.3 is 6.18 Å². The van der Waals surface area contributed by atoms with Crippen LogP contribution < -0.4 is 5.32 Å². The van der Waals surface area contributed by atoms with Gasteiger partial charge in [0.1, 0.15) is 0 Å². The smallest absolute Gasteiger partial charge is 0.381 e. The number of hydrogen-bond acceptors (Lipinski definition) is 2. The van der Waals surface area contributed by atoms with E-state index in [1.807, 2.05) is 0 Å². The average Bonchev–Trinajstić information content (AvgIpc) is 2.82. The van der Waals surface area contributed by atoms with Crippen molar-refractivity contribution in [3.05, 3.63) is 0 Å². The first-order valence-corrected chi connectivity index (χ1v) is 6.87. The number of alkyl halides is 3. The Kier molecular flexibility index (Phi) is 4.54. The highest BCUT2D eigenvalue weighted by Crippen LogP contribution is 2.37. The van der Waals surface area contributed by atoms with Gasteiger partial charge in [0.15, 0.2) is 0 Å². The van der Waals surface area contributed by atoms with Crippen molar-refractivity contribution in [2.45, 2.75) is 57.3 Å². The summed E-state index contributed by atoms with van der Waals surface area (Å²) < 4.78 is 43.0. The van der Waals surface area contributed by atoms with Gasteiger partial charge in [0.25, 0.3) is 0 Å². The van der Waals surface area contributed by atoms with E-state index >= 15 is 0 Å². The van der Waals surface area contributed by atoms with E-state index in [9.17, 15) is 13.2 Å². The molecule has 106 valence electrons. The van der Waals surface area contributed by atoms with Crippen molar-refractivity contribution in [3.63, 3.8) is 0 Å². The lowest BCUT2D eigenvalue weighted by Gasteiger charge is -2.33. The first kappa shape index (κ1) is 14.1. The Morgan fingerprint density at radius 2 is 1.78 bits per heavy atom. The fourth-order valence-electron chi connectivity index (χ4n) is 3.04. The molecule has 0 bridgehead atoms. The zero-order valence-corrected chi connectivity index (χ0v) is 10.8.